The van der Waals surface area contributed by atoms with Crippen molar-refractivity contribution in [3.05, 3.63) is 35.9 Å². The Morgan fingerprint density at radius 3 is 2.24 bits per heavy atom. The maximum absolute atomic E-state index is 12.7. The highest BCUT2D eigenvalue weighted by molar-refractivity contribution is 5.83. The van der Waals surface area contributed by atoms with Gasteiger partial charge in [0.15, 0.2) is 0 Å². The van der Waals surface area contributed by atoms with Crippen LogP contribution in [0.25, 0.3) is 0 Å². The molecule has 3 nitrogen and oxygen atoms in total. The van der Waals surface area contributed by atoms with Gasteiger partial charge in [-0.2, -0.15) is 0 Å². The second-order valence-electron chi connectivity index (χ2n) is 6.40. The van der Waals surface area contributed by atoms with Gasteiger partial charge >= 0.3 is 0 Å². The smallest absolute Gasteiger partial charge is 0.242 e. The molecule has 1 N–H and O–H groups in total. The number of nitrogens with zero attached hydrogens (tertiary/aromatic N) is 1. The standard InChI is InChI=1S/C18H26N2O/c21-18(19-16-11-12-16)17(15-9-5-4-6-10-15)20-13-7-2-1-3-8-14-20/h4-6,9-10,16-17H,1-3,7-8,11-14H2,(H,19,21)/t17-/m0/s1. The molecular weight excluding hydrogens is 260 g/mol. The zero-order valence-corrected chi connectivity index (χ0v) is 12.8. The average Bonchev–Trinajstić information content (AvgIpc) is 3.26. The van der Waals surface area contributed by atoms with Crippen LogP contribution in [0.5, 0.6) is 0 Å². The van der Waals surface area contributed by atoms with Crippen LogP contribution < -0.4 is 5.32 Å². The van der Waals surface area contributed by atoms with E-state index in [0.29, 0.717) is 6.04 Å². The minimum absolute atomic E-state index is 0.107. The number of carbonyl (C=O) groups is 1. The summed E-state index contributed by atoms with van der Waals surface area (Å²) < 4.78 is 0. The van der Waals surface area contributed by atoms with E-state index >= 15 is 0 Å². The monoisotopic (exact) mass is 286 g/mol. The van der Waals surface area contributed by atoms with Crippen LogP contribution in [-0.4, -0.2) is 29.9 Å². The number of hydrogen-bond acceptors (Lipinski definition) is 2. The normalized spacial score (nSPS) is 22.1. The van der Waals surface area contributed by atoms with Crippen LogP contribution in [0.15, 0.2) is 30.3 Å². The highest BCUT2D eigenvalue weighted by atomic mass is 16.2. The number of rotatable bonds is 4. The topological polar surface area (TPSA) is 32.3 Å². The Labute approximate surface area is 127 Å². The molecule has 0 aromatic heterocycles. The summed E-state index contributed by atoms with van der Waals surface area (Å²) in [6.45, 7) is 2.08. The van der Waals surface area contributed by atoms with Crippen LogP contribution in [-0.2, 0) is 4.79 Å². The van der Waals surface area contributed by atoms with Crippen molar-refractivity contribution < 1.29 is 4.79 Å². The number of hydrogen-bond donors (Lipinski definition) is 1. The van der Waals surface area contributed by atoms with E-state index in [-0.39, 0.29) is 11.9 Å². The minimum atomic E-state index is -0.107. The maximum Gasteiger partial charge on any atom is 0.242 e. The third-order valence-electron chi connectivity index (χ3n) is 4.54. The summed E-state index contributed by atoms with van der Waals surface area (Å²) in [7, 11) is 0. The molecular formula is C18H26N2O. The number of likely N-dealkylation sites (tertiary alicyclic amines) is 1. The Morgan fingerprint density at radius 1 is 1.00 bits per heavy atom. The van der Waals surface area contributed by atoms with Gasteiger partial charge in [0.05, 0.1) is 0 Å². The van der Waals surface area contributed by atoms with Crippen LogP contribution in [0.1, 0.15) is 56.6 Å². The summed E-state index contributed by atoms with van der Waals surface area (Å²) in [5.74, 6) is 0.198. The van der Waals surface area contributed by atoms with Crippen molar-refractivity contribution in [2.75, 3.05) is 13.1 Å². The number of benzene rings is 1. The van der Waals surface area contributed by atoms with E-state index in [2.05, 4.69) is 22.3 Å². The second kappa shape index (κ2) is 7.08. The van der Waals surface area contributed by atoms with Gasteiger partial charge in [-0.15, -0.1) is 0 Å². The van der Waals surface area contributed by atoms with Crippen LogP contribution in [0, 0.1) is 0 Å². The van der Waals surface area contributed by atoms with Gasteiger partial charge in [0.2, 0.25) is 5.91 Å². The van der Waals surface area contributed by atoms with Crippen molar-refractivity contribution >= 4 is 5.91 Å². The van der Waals surface area contributed by atoms with E-state index in [1.54, 1.807) is 0 Å². The molecule has 1 amide bonds. The Bertz CT molecular complexity index is 448. The Hall–Kier alpha value is -1.35. The van der Waals surface area contributed by atoms with Crippen molar-refractivity contribution in [3.8, 4) is 0 Å². The summed E-state index contributed by atoms with van der Waals surface area (Å²) in [6, 6.07) is 10.6. The van der Waals surface area contributed by atoms with E-state index < -0.39 is 0 Å². The van der Waals surface area contributed by atoms with Crippen LogP contribution in [0.3, 0.4) is 0 Å². The quantitative estimate of drug-likeness (QED) is 0.921. The molecule has 1 aliphatic heterocycles. The molecule has 1 aromatic carbocycles. The molecule has 1 aliphatic carbocycles. The van der Waals surface area contributed by atoms with Gasteiger partial charge in [0, 0.05) is 6.04 Å². The first-order chi connectivity index (χ1) is 10.3. The van der Waals surface area contributed by atoms with Gasteiger partial charge in [0.25, 0.3) is 0 Å². The van der Waals surface area contributed by atoms with Crippen molar-refractivity contribution in [2.24, 2.45) is 0 Å². The van der Waals surface area contributed by atoms with Gasteiger partial charge in [-0.1, -0.05) is 49.6 Å². The minimum Gasteiger partial charge on any atom is -0.352 e. The molecule has 3 heteroatoms. The fraction of sp³-hybridized carbons (Fsp3) is 0.611. The fourth-order valence-corrected chi connectivity index (χ4v) is 3.20. The summed E-state index contributed by atoms with van der Waals surface area (Å²) in [6.07, 6.45) is 8.64. The molecule has 0 spiro atoms. The molecule has 114 valence electrons. The summed E-state index contributed by atoms with van der Waals surface area (Å²) in [4.78, 5) is 15.1. The van der Waals surface area contributed by atoms with Crippen LogP contribution in [0.4, 0.5) is 0 Å². The molecule has 1 heterocycles. The molecule has 3 rings (SSSR count). The highest BCUT2D eigenvalue weighted by Gasteiger charge is 2.31. The third kappa shape index (κ3) is 4.07. The zero-order chi connectivity index (χ0) is 14.5. The van der Waals surface area contributed by atoms with E-state index in [0.717, 1.165) is 31.5 Å². The SMILES string of the molecule is O=C(NC1CC1)[C@H](c1ccccc1)N1CCCCCCC1. The Morgan fingerprint density at radius 2 is 1.62 bits per heavy atom. The molecule has 2 aliphatic rings. The molecule has 1 saturated heterocycles. The van der Waals surface area contributed by atoms with Crippen molar-refractivity contribution in [3.63, 3.8) is 0 Å². The number of amides is 1. The Kier molecular flexibility index (Phi) is 4.91. The van der Waals surface area contributed by atoms with Gasteiger partial charge in [0.1, 0.15) is 6.04 Å². The lowest BCUT2D eigenvalue weighted by Gasteiger charge is -2.32. The van der Waals surface area contributed by atoms with Gasteiger partial charge < -0.3 is 5.32 Å². The summed E-state index contributed by atoms with van der Waals surface area (Å²) in [5, 5.41) is 3.21. The molecule has 0 bridgehead atoms. The maximum atomic E-state index is 12.7. The van der Waals surface area contributed by atoms with E-state index in [1.807, 2.05) is 18.2 Å². The van der Waals surface area contributed by atoms with Gasteiger partial charge in [-0.25, -0.2) is 0 Å². The first-order valence-corrected chi connectivity index (χ1v) is 8.44. The molecule has 1 atom stereocenters. The van der Waals surface area contributed by atoms with Crippen molar-refractivity contribution in [1.82, 2.24) is 10.2 Å². The average molecular weight is 286 g/mol. The largest absolute Gasteiger partial charge is 0.352 e. The first-order valence-electron chi connectivity index (χ1n) is 8.44. The van der Waals surface area contributed by atoms with Crippen molar-refractivity contribution in [1.29, 1.82) is 0 Å². The van der Waals surface area contributed by atoms with Crippen LogP contribution >= 0.6 is 0 Å². The zero-order valence-electron chi connectivity index (χ0n) is 12.8. The summed E-state index contributed by atoms with van der Waals surface area (Å²) in [5.41, 5.74) is 1.14. The van der Waals surface area contributed by atoms with E-state index in [4.69, 9.17) is 0 Å². The molecule has 0 unspecified atom stereocenters. The molecule has 1 saturated carbocycles. The Balaban J connectivity index is 1.77. The lowest BCUT2D eigenvalue weighted by Crippen LogP contribution is -2.42. The first kappa shape index (κ1) is 14.6. The van der Waals surface area contributed by atoms with E-state index in [9.17, 15) is 4.79 Å². The molecule has 0 radical (unpaired) electrons. The summed E-state index contributed by atoms with van der Waals surface area (Å²) >= 11 is 0. The molecule has 1 aromatic rings. The van der Waals surface area contributed by atoms with Gasteiger partial charge in [-0.05, 0) is 44.3 Å². The van der Waals surface area contributed by atoms with Gasteiger partial charge in [-0.3, -0.25) is 9.69 Å². The van der Waals surface area contributed by atoms with E-state index in [1.165, 1.54) is 32.1 Å². The molecule has 2 fully saturated rings. The third-order valence-corrected chi connectivity index (χ3v) is 4.54. The number of carbonyl (C=O) groups excluding carboxylic acids is 1. The van der Waals surface area contributed by atoms with Crippen molar-refractivity contribution in [2.45, 2.75) is 57.0 Å². The lowest BCUT2D eigenvalue weighted by atomic mass is 10.0. The number of nitrogens with one attached hydrogen (secondary N) is 1. The predicted octanol–water partition coefficient (Wildman–Crippen LogP) is 3.27. The lowest BCUT2D eigenvalue weighted by molar-refractivity contribution is -0.127. The second-order valence-corrected chi connectivity index (χ2v) is 6.40. The highest BCUT2D eigenvalue weighted by Crippen LogP contribution is 2.26. The van der Waals surface area contributed by atoms with Crippen LogP contribution in [0.2, 0.25) is 0 Å². The predicted molar refractivity (Wildman–Crippen MR) is 85.0 cm³/mol. The fourth-order valence-electron chi connectivity index (χ4n) is 3.20. The molecule has 21 heavy (non-hydrogen) atoms.